The minimum absolute atomic E-state index is 0.293. The largest absolute Gasteiger partial charge is 0.391 e. The van der Waals surface area contributed by atoms with Gasteiger partial charge in [-0.05, 0) is 23.3 Å². The third kappa shape index (κ3) is 1.02. The lowest BCUT2D eigenvalue weighted by atomic mass is 10.1. The van der Waals surface area contributed by atoms with Crippen molar-refractivity contribution in [3.8, 4) is 0 Å². The summed E-state index contributed by atoms with van der Waals surface area (Å²) in [5.74, 6) is -0.293. The molecule has 2 nitrogen and oxygen atoms in total. The molecule has 0 saturated carbocycles. The molecule has 0 aliphatic heterocycles. The highest BCUT2D eigenvalue weighted by molar-refractivity contribution is 5.36. The van der Waals surface area contributed by atoms with Gasteiger partial charge in [0.05, 0.1) is 12.1 Å². The van der Waals surface area contributed by atoms with E-state index in [0.717, 1.165) is 11.1 Å². The first kappa shape index (κ1) is 7.71. The first-order chi connectivity index (χ1) is 5.68. The topological polar surface area (TPSA) is 46.2 Å². The fourth-order valence-electron chi connectivity index (χ4n) is 1.62. The summed E-state index contributed by atoms with van der Waals surface area (Å²) in [4.78, 5) is 0. The van der Waals surface area contributed by atoms with E-state index < -0.39 is 12.1 Å². The molecule has 64 valence electrons. The minimum atomic E-state index is -0.554. The second-order valence-electron chi connectivity index (χ2n) is 3.14. The maximum absolute atomic E-state index is 12.7. The van der Waals surface area contributed by atoms with Crippen LogP contribution in [0.3, 0.4) is 0 Å². The zero-order valence-electron chi connectivity index (χ0n) is 6.50. The van der Waals surface area contributed by atoms with E-state index in [4.69, 9.17) is 5.73 Å². The standard InChI is InChI=1S/C9H10FNO/c10-6-2-1-5-3-8(12)9(11)7(5)4-6/h1-2,4,8-9,12H,3,11H2/t8-,9-/m0/s1. The van der Waals surface area contributed by atoms with E-state index in [1.807, 2.05) is 0 Å². The molecule has 0 radical (unpaired) electrons. The normalized spacial score (nSPS) is 27.2. The Kier molecular flexibility index (Phi) is 1.63. The van der Waals surface area contributed by atoms with Crippen molar-refractivity contribution in [2.75, 3.05) is 0 Å². The first-order valence-corrected chi connectivity index (χ1v) is 3.90. The Balaban J connectivity index is 2.48. The first-order valence-electron chi connectivity index (χ1n) is 3.90. The maximum atomic E-state index is 12.7. The predicted octanol–water partition coefficient (Wildman–Crippen LogP) is 0.743. The molecule has 1 aliphatic rings. The molecule has 1 aromatic rings. The van der Waals surface area contributed by atoms with Crippen molar-refractivity contribution in [1.29, 1.82) is 0 Å². The Bertz CT molecular complexity index is 313. The van der Waals surface area contributed by atoms with E-state index in [1.165, 1.54) is 12.1 Å². The van der Waals surface area contributed by atoms with Gasteiger partial charge in [-0.1, -0.05) is 6.07 Å². The molecule has 0 amide bonds. The van der Waals surface area contributed by atoms with Crippen molar-refractivity contribution in [3.05, 3.63) is 35.1 Å². The quantitative estimate of drug-likeness (QED) is 0.598. The van der Waals surface area contributed by atoms with Crippen molar-refractivity contribution >= 4 is 0 Å². The van der Waals surface area contributed by atoms with Gasteiger partial charge in [0.15, 0.2) is 0 Å². The van der Waals surface area contributed by atoms with Crippen LogP contribution in [0.2, 0.25) is 0 Å². The minimum Gasteiger partial charge on any atom is -0.391 e. The van der Waals surface area contributed by atoms with Crippen molar-refractivity contribution < 1.29 is 9.50 Å². The highest BCUT2D eigenvalue weighted by atomic mass is 19.1. The van der Waals surface area contributed by atoms with Gasteiger partial charge < -0.3 is 10.8 Å². The SMILES string of the molecule is N[C@H]1c2cc(F)ccc2C[C@@H]1O. The van der Waals surface area contributed by atoms with Crippen LogP contribution in [-0.4, -0.2) is 11.2 Å². The van der Waals surface area contributed by atoms with Crippen LogP contribution in [0.25, 0.3) is 0 Å². The molecule has 0 saturated heterocycles. The summed E-state index contributed by atoms with van der Waals surface area (Å²) < 4.78 is 12.7. The summed E-state index contributed by atoms with van der Waals surface area (Å²) in [5, 5.41) is 9.36. The highest BCUT2D eigenvalue weighted by Crippen LogP contribution is 2.29. The molecule has 3 N–H and O–H groups in total. The van der Waals surface area contributed by atoms with E-state index in [-0.39, 0.29) is 5.82 Å². The number of benzene rings is 1. The number of fused-ring (bicyclic) bond motifs is 1. The Labute approximate surface area is 69.8 Å². The van der Waals surface area contributed by atoms with E-state index in [1.54, 1.807) is 6.07 Å². The summed E-state index contributed by atoms with van der Waals surface area (Å²) in [6.07, 6.45) is -0.0154. The number of hydrogen-bond donors (Lipinski definition) is 2. The lowest BCUT2D eigenvalue weighted by Gasteiger charge is -2.08. The summed E-state index contributed by atoms with van der Waals surface area (Å²) in [6.45, 7) is 0. The van der Waals surface area contributed by atoms with Gasteiger partial charge in [0, 0.05) is 6.42 Å². The maximum Gasteiger partial charge on any atom is 0.123 e. The number of rotatable bonds is 0. The third-order valence-electron chi connectivity index (χ3n) is 2.31. The van der Waals surface area contributed by atoms with Crippen LogP contribution < -0.4 is 5.73 Å². The number of nitrogens with two attached hydrogens (primary N) is 1. The number of aliphatic hydroxyl groups is 1. The molecule has 0 aromatic heterocycles. The summed E-state index contributed by atoms with van der Waals surface area (Å²) in [6, 6.07) is 4.05. The van der Waals surface area contributed by atoms with Gasteiger partial charge in [-0.2, -0.15) is 0 Å². The average Bonchev–Trinajstić information content (AvgIpc) is 2.31. The van der Waals surface area contributed by atoms with Crippen LogP contribution in [0, 0.1) is 5.82 Å². The third-order valence-corrected chi connectivity index (χ3v) is 2.31. The number of hydrogen-bond acceptors (Lipinski definition) is 2. The molecule has 0 bridgehead atoms. The van der Waals surface area contributed by atoms with Crippen LogP contribution in [0.15, 0.2) is 18.2 Å². The predicted molar refractivity (Wildman–Crippen MR) is 43.0 cm³/mol. The van der Waals surface area contributed by atoms with Crippen LogP contribution in [0.1, 0.15) is 17.2 Å². The van der Waals surface area contributed by atoms with E-state index in [0.29, 0.717) is 6.42 Å². The Morgan fingerprint density at radius 3 is 3.00 bits per heavy atom. The smallest absolute Gasteiger partial charge is 0.123 e. The second-order valence-corrected chi connectivity index (χ2v) is 3.14. The molecule has 3 heteroatoms. The Morgan fingerprint density at radius 1 is 1.50 bits per heavy atom. The van der Waals surface area contributed by atoms with Crippen molar-refractivity contribution in [3.63, 3.8) is 0 Å². The van der Waals surface area contributed by atoms with E-state index in [2.05, 4.69) is 0 Å². The summed E-state index contributed by atoms with van der Waals surface area (Å²) >= 11 is 0. The molecular formula is C9H10FNO. The lowest BCUT2D eigenvalue weighted by molar-refractivity contribution is 0.158. The molecule has 0 heterocycles. The van der Waals surface area contributed by atoms with Crippen LogP contribution >= 0.6 is 0 Å². The van der Waals surface area contributed by atoms with Gasteiger partial charge in [0.25, 0.3) is 0 Å². The molecule has 0 spiro atoms. The molecule has 0 fully saturated rings. The van der Waals surface area contributed by atoms with Crippen LogP contribution in [0.4, 0.5) is 4.39 Å². The molecule has 2 rings (SSSR count). The second kappa shape index (κ2) is 2.54. The lowest BCUT2D eigenvalue weighted by Crippen LogP contribution is -2.21. The zero-order chi connectivity index (χ0) is 8.72. The number of aliphatic hydroxyl groups excluding tert-OH is 1. The zero-order valence-corrected chi connectivity index (χ0v) is 6.50. The van der Waals surface area contributed by atoms with Gasteiger partial charge in [0.2, 0.25) is 0 Å². The molecule has 1 aromatic carbocycles. The van der Waals surface area contributed by atoms with Crippen molar-refractivity contribution in [2.24, 2.45) is 5.73 Å². The van der Waals surface area contributed by atoms with Crippen LogP contribution in [0.5, 0.6) is 0 Å². The Morgan fingerprint density at radius 2 is 2.25 bits per heavy atom. The van der Waals surface area contributed by atoms with Gasteiger partial charge in [-0.25, -0.2) is 4.39 Å². The molecular weight excluding hydrogens is 157 g/mol. The van der Waals surface area contributed by atoms with E-state index >= 15 is 0 Å². The van der Waals surface area contributed by atoms with Gasteiger partial charge in [-0.3, -0.25) is 0 Å². The van der Waals surface area contributed by atoms with E-state index in [9.17, 15) is 9.50 Å². The molecule has 2 atom stereocenters. The average molecular weight is 167 g/mol. The molecule has 12 heavy (non-hydrogen) atoms. The molecule has 1 aliphatic carbocycles. The summed E-state index contributed by atoms with van der Waals surface area (Å²) in [7, 11) is 0. The van der Waals surface area contributed by atoms with Crippen molar-refractivity contribution in [2.45, 2.75) is 18.6 Å². The Hall–Kier alpha value is -0.930. The monoisotopic (exact) mass is 167 g/mol. The van der Waals surface area contributed by atoms with Gasteiger partial charge in [0.1, 0.15) is 5.82 Å². The highest BCUT2D eigenvalue weighted by Gasteiger charge is 2.27. The van der Waals surface area contributed by atoms with Crippen molar-refractivity contribution in [1.82, 2.24) is 0 Å². The fraction of sp³-hybridized carbons (Fsp3) is 0.333. The van der Waals surface area contributed by atoms with Gasteiger partial charge in [-0.15, -0.1) is 0 Å². The van der Waals surface area contributed by atoms with Crippen LogP contribution in [-0.2, 0) is 6.42 Å². The fourth-order valence-corrected chi connectivity index (χ4v) is 1.62. The van der Waals surface area contributed by atoms with Gasteiger partial charge >= 0.3 is 0 Å². The number of halogens is 1. The molecule has 0 unspecified atom stereocenters. The summed E-state index contributed by atoms with van der Waals surface area (Å²) in [5.41, 5.74) is 7.34.